The summed E-state index contributed by atoms with van der Waals surface area (Å²) in [6.07, 6.45) is 4.87. The zero-order chi connectivity index (χ0) is 16.9. The number of aromatic nitrogens is 2. The Labute approximate surface area is 142 Å². The predicted molar refractivity (Wildman–Crippen MR) is 90.5 cm³/mol. The maximum atomic E-state index is 12.5. The third kappa shape index (κ3) is 4.00. The second-order valence-electron chi connectivity index (χ2n) is 6.45. The first-order valence-corrected chi connectivity index (χ1v) is 8.46. The predicted octanol–water partition coefficient (Wildman–Crippen LogP) is 2.50. The van der Waals surface area contributed by atoms with Crippen LogP contribution < -0.4 is 0 Å². The van der Waals surface area contributed by atoms with Crippen LogP contribution >= 0.6 is 0 Å². The summed E-state index contributed by atoms with van der Waals surface area (Å²) in [7, 11) is 2.14. The number of carbonyl (C=O) groups excluding carboxylic acids is 1. The highest BCUT2D eigenvalue weighted by molar-refractivity contribution is 5.91. The maximum Gasteiger partial charge on any atom is 0.292 e. The summed E-state index contributed by atoms with van der Waals surface area (Å²) in [5.41, 5.74) is 1.82. The van der Waals surface area contributed by atoms with Crippen molar-refractivity contribution in [3.05, 3.63) is 47.6 Å². The van der Waals surface area contributed by atoms with Crippen molar-refractivity contribution in [2.75, 3.05) is 20.1 Å². The van der Waals surface area contributed by atoms with E-state index in [-0.39, 0.29) is 5.91 Å². The van der Waals surface area contributed by atoms with Crippen molar-refractivity contribution in [1.29, 1.82) is 0 Å². The Bertz CT molecular complexity index is 671. The highest BCUT2D eigenvalue weighted by Crippen LogP contribution is 2.19. The molecule has 6 heteroatoms. The molecule has 1 aliphatic heterocycles. The van der Waals surface area contributed by atoms with Gasteiger partial charge in [0.25, 0.3) is 5.91 Å². The Hall–Kier alpha value is -2.21. The molecule has 0 aliphatic carbocycles. The smallest absolute Gasteiger partial charge is 0.292 e. The molecule has 1 aliphatic rings. The van der Waals surface area contributed by atoms with Crippen molar-refractivity contribution in [1.82, 2.24) is 19.9 Å². The van der Waals surface area contributed by atoms with E-state index in [0.29, 0.717) is 11.8 Å². The molecule has 128 valence electrons. The van der Waals surface area contributed by atoms with E-state index in [1.807, 2.05) is 30.2 Å². The van der Waals surface area contributed by atoms with Crippen LogP contribution in [0.4, 0.5) is 0 Å². The van der Waals surface area contributed by atoms with Crippen LogP contribution in [0.3, 0.4) is 0 Å². The Kier molecular flexibility index (Phi) is 5.25. The SMILES string of the molecule is Cc1cc(C(=O)N2CCC[C@@H](N(C)Cc3ccccn3)CC2)on1. The lowest BCUT2D eigenvalue weighted by Crippen LogP contribution is -2.34. The van der Waals surface area contributed by atoms with E-state index >= 15 is 0 Å². The van der Waals surface area contributed by atoms with E-state index in [1.165, 1.54) is 0 Å². The molecule has 3 rings (SSSR count). The summed E-state index contributed by atoms with van der Waals surface area (Å²) in [5.74, 6) is 0.288. The van der Waals surface area contributed by atoms with Crippen LogP contribution in [0, 0.1) is 6.92 Å². The molecule has 0 radical (unpaired) electrons. The van der Waals surface area contributed by atoms with E-state index in [9.17, 15) is 4.79 Å². The second kappa shape index (κ2) is 7.57. The standard InChI is InChI=1S/C18H24N4O2/c1-14-12-17(24-20-14)18(23)22-10-5-7-16(8-11-22)21(2)13-15-6-3-4-9-19-15/h3-4,6,9,12,16H,5,7-8,10-11,13H2,1-2H3/t16-/m1/s1. The van der Waals surface area contributed by atoms with E-state index in [2.05, 4.69) is 28.2 Å². The van der Waals surface area contributed by atoms with Crippen LogP contribution in [0.1, 0.15) is 41.2 Å². The van der Waals surface area contributed by atoms with Crippen molar-refractivity contribution >= 4 is 5.91 Å². The molecular formula is C18H24N4O2. The molecule has 0 bridgehead atoms. The summed E-state index contributed by atoms with van der Waals surface area (Å²) in [6.45, 7) is 4.17. The fraction of sp³-hybridized carbons (Fsp3) is 0.500. The minimum absolute atomic E-state index is 0.0522. The van der Waals surface area contributed by atoms with Crippen molar-refractivity contribution in [3.63, 3.8) is 0 Å². The Balaban J connectivity index is 1.57. The van der Waals surface area contributed by atoms with Crippen molar-refractivity contribution < 1.29 is 9.32 Å². The third-order valence-electron chi connectivity index (χ3n) is 4.58. The van der Waals surface area contributed by atoms with Crippen molar-refractivity contribution in [2.45, 2.75) is 38.8 Å². The van der Waals surface area contributed by atoms with E-state index < -0.39 is 0 Å². The second-order valence-corrected chi connectivity index (χ2v) is 6.45. The Morgan fingerprint density at radius 1 is 1.38 bits per heavy atom. The van der Waals surface area contributed by atoms with Crippen LogP contribution in [-0.2, 0) is 6.54 Å². The zero-order valence-electron chi connectivity index (χ0n) is 14.3. The molecule has 3 heterocycles. The van der Waals surface area contributed by atoms with Gasteiger partial charge >= 0.3 is 0 Å². The molecule has 0 N–H and O–H groups in total. The largest absolute Gasteiger partial charge is 0.351 e. The number of hydrogen-bond donors (Lipinski definition) is 0. The van der Waals surface area contributed by atoms with Crippen molar-refractivity contribution in [3.8, 4) is 0 Å². The maximum absolute atomic E-state index is 12.5. The van der Waals surface area contributed by atoms with Gasteiger partial charge in [0.2, 0.25) is 5.76 Å². The molecule has 2 aromatic heterocycles. The molecular weight excluding hydrogens is 304 g/mol. The highest BCUT2D eigenvalue weighted by Gasteiger charge is 2.25. The lowest BCUT2D eigenvalue weighted by Gasteiger charge is -2.26. The molecule has 24 heavy (non-hydrogen) atoms. The van der Waals surface area contributed by atoms with Gasteiger partial charge in [0.1, 0.15) is 0 Å². The van der Waals surface area contributed by atoms with Gasteiger partial charge in [0.15, 0.2) is 0 Å². The molecule has 1 amide bonds. The molecule has 0 aromatic carbocycles. The highest BCUT2D eigenvalue weighted by atomic mass is 16.5. The van der Waals surface area contributed by atoms with Crippen LogP contribution in [0.5, 0.6) is 0 Å². The molecule has 6 nitrogen and oxygen atoms in total. The molecule has 0 unspecified atom stereocenters. The summed E-state index contributed by atoms with van der Waals surface area (Å²) in [5, 5.41) is 3.81. The third-order valence-corrected chi connectivity index (χ3v) is 4.58. The molecule has 1 saturated heterocycles. The average Bonchev–Trinajstić information content (AvgIpc) is 2.87. The van der Waals surface area contributed by atoms with Gasteiger partial charge in [-0.3, -0.25) is 14.7 Å². The van der Waals surface area contributed by atoms with Gasteiger partial charge in [0.05, 0.1) is 11.4 Å². The van der Waals surface area contributed by atoms with Crippen LogP contribution in [0.15, 0.2) is 35.0 Å². The summed E-state index contributed by atoms with van der Waals surface area (Å²) in [4.78, 5) is 21.1. The molecule has 1 atom stereocenters. The number of likely N-dealkylation sites (tertiary alicyclic amines) is 1. The van der Waals surface area contributed by atoms with E-state index in [4.69, 9.17) is 4.52 Å². The van der Waals surface area contributed by atoms with Crippen LogP contribution in [-0.4, -0.2) is 52.0 Å². The first-order chi connectivity index (χ1) is 11.6. The van der Waals surface area contributed by atoms with Gasteiger partial charge in [-0.15, -0.1) is 0 Å². The Morgan fingerprint density at radius 3 is 2.96 bits per heavy atom. The molecule has 2 aromatic rings. The number of hydrogen-bond acceptors (Lipinski definition) is 5. The fourth-order valence-corrected chi connectivity index (χ4v) is 3.22. The topological polar surface area (TPSA) is 62.5 Å². The lowest BCUT2D eigenvalue weighted by atomic mass is 10.1. The Morgan fingerprint density at radius 2 is 2.25 bits per heavy atom. The summed E-state index contributed by atoms with van der Waals surface area (Å²) in [6, 6.07) is 8.17. The quantitative estimate of drug-likeness (QED) is 0.863. The number of aryl methyl sites for hydroxylation is 1. The van der Waals surface area contributed by atoms with Gasteiger partial charge < -0.3 is 9.42 Å². The number of rotatable bonds is 4. The van der Waals surface area contributed by atoms with Gasteiger partial charge in [-0.1, -0.05) is 11.2 Å². The van der Waals surface area contributed by atoms with Crippen LogP contribution in [0.25, 0.3) is 0 Å². The van der Waals surface area contributed by atoms with E-state index in [1.54, 1.807) is 6.07 Å². The molecule has 0 saturated carbocycles. The van der Waals surface area contributed by atoms with Crippen molar-refractivity contribution in [2.24, 2.45) is 0 Å². The minimum Gasteiger partial charge on any atom is -0.351 e. The van der Waals surface area contributed by atoms with Gasteiger partial charge in [0, 0.05) is 37.9 Å². The normalized spacial score (nSPS) is 18.6. The molecule has 0 spiro atoms. The number of nitrogens with zero attached hydrogens (tertiary/aromatic N) is 4. The van der Waals surface area contributed by atoms with E-state index in [0.717, 1.165) is 50.3 Å². The monoisotopic (exact) mass is 328 g/mol. The fourth-order valence-electron chi connectivity index (χ4n) is 3.22. The summed E-state index contributed by atoms with van der Waals surface area (Å²) < 4.78 is 5.11. The van der Waals surface area contributed by atoms with Crippen LogP contribution in [0.2, 0.25) is 0 Å². The lowest BCUT2D eigenvalue weighted by molar-refractivity contribution is 0.0715. The first kappa shape index (κ1) is 16.6. The minimum atomic E-state index is -0.0522. The van der Waals surface area contributed by atoms with Gasteiger partial charge in [-0.05, 0) is 45.4 Å². The summed E-state index contributed by atoms with van der Waals surface area (Å²) >= 11 is 0. The zero-order valence-corrected chi connectivity index (χ0v) is 14.3. The van der Waals surface area contributed by atoms with Gasteiger partial charge in [-0.2, -0.15) is 0 Å². The molecule has 1 fully saturated rings. The number of amides is 1. The van der Waals surface area contributed by atoms with Gasteiger partial charge in [-0.25, -0.2) is 0 Å². The number of pyridine rings is 1. The first-order valence-electron chi connectivity index (χ1n) is 8.46. The number of carbonyl (C=O) groups is 1. The average molecular weight is 328 g/mol.